The summed E-state index contributed by atoms with van der Waals surface area (Å²) in [5.41, 5.74) is 4.81. The number of sulfone groups is 1. The van der Waals surface area contributed by atoms with Crippen LogP contribution in [0.15, 0.2) is 88.0 Å². The topological polar surface area (TPSA) is 93.5 Å². The maximum atomic E-state index is 13.7. The van der Waals surface area contributed by atoms with Crippen molar-refractivity contribution in [3.63, 3.8) is 0 Å². The van der Waals surface area contributed by atoms with Crippen LogP contribution in [-0.2, 0) is 9.84 Å². The van der Waals surface area contributed by atoms with Gasteiger partial charge in [-0.25, -0.2) is 23.4 Å². The first-order chi connectivity index (χ1) is 16.4. The predicted octanol–water partition coefficient (Wildman–Crippen LogP) is 5.16. The van der Waals surface area contributed by atoms with E-state index in [2.05, 4.69) is 15.3 Å². The van der Waals surface area contributed by atoms with Crippen LogP contribution in [0.4, 0.5) is 17.2 Å². The maximum Gasteiger partial charge on any atom is 0.226 e. The molecule has 3 aromatic carbocycles. The van der Waals surface area contributed by atoms with Gasteiger partial charge in [0.25, 0.3) is 0 Å². The van der Waals surface area contributed by atoms with Crippen molar-refractivity contribution in [2.24, 2.45) is 4.99 Å². The van der Waals surface area contributed by atoms with Crippen LogP contribution >= 0.6 is 0 Å². The van der Waals surface area contributed by atoms with Crippen LogP contribution in [0.3, 0.4) is 0 Å². The van der Waals surface area contributed by atoms with Crippen LogP contribution in [0.1, 0.15) is 22.3 Å². The number of rotatable bonds is 4. The van der Waals surface area contributed by atoms with Gasteiger partial charge in [0.2, 0.25) is 9.84 Å². The van der Waals surface area contributed by atoms with Gasteiger partial charge in [-0.3, -0.25) is 0 Å². The molecule has 170 valence electrons. The standard InChI is InChI=1S/C26H22N4O3S/c1-16-4-7-18(8-5-16)23-21-14-17(2)6-13-22(21)34(31,32)26-24(30-23)25(27-15-28-26)29-19-9-11-20(33-3)12-10-19/h4-15H,1-3H3,(H,27,28,29). The van der Waals surface area contributed by atoms with Crippen LogP contribution in [0.5, 0.6) is 5.75 Å². The fourth-order valence-corrected chi connectivity index (χ4v) is 5.32. The van der Waals surface area contributed by atoms with E-state index in [9.17, 15) is 8.42 Å². The van der Waals surface area contributed by atoms with Gasteiger partial charge in [-0.1, -0.05) is 41.5 Å². The summed E-state index contributed by atoms with van der Waals surface area (Å²) in [7, 11) is -2.36. The van der Waals surface area contributed by atoms with Crippen molar-refractivity contribution >= 4 is 32.7 Å². The number of hydrogen-bond donors (Lipinski definition) is 1. The van der Waals surface area contributed by atoms with Crippen LogP contribution in [0.25, 0.3) is 0 Å². The molecule has 0 spiro atoms. The first kappa shape index (κ1) is 21.8. The zero-order valence-corrected chi connectivity index (χ0v) is 19.7. The van der Waals surface area contributed by atoms with E-state index < -0.39 is 9.84 Å². The van der Waals surface area contributed by atoms with Crippen LogP contribution in [0, 0.1) is 13.8 Å². The molecule has 0 fully saturated rings. The van der Waals surface area contributed by atoms with Crippen molar-refractivity contribution in [3.8, 4) is 5.75 Å². The SMILES string of the molecule is COc1ccc(Nc2ncnc3c2N=C(c2ccc(C)cc2)c2cc(C)ccc2S3(=O)=O)cc1. The van der Waals surface area contributed by atoms with Crippen LogP contribution < -0.4 is 10.1 Å². The monoisotopic (exact) mass is 470 g/mol. The molecule has 0 atom stereocenters. The van der Waals surface area contributed by atoms with Gasteiger partial charge in [-0.05, 0) is 50.2 Å². The largest absolute Gasteiger partial charge is 0.497 e. The molecule has 1 aliphatic heterocycles. The minimum atomic E-state index is -3.95. The van der Waals surface area contributed by atoms with Crippen molar-refractivity contribution in [2.75, 3.05) is 12.4 Å². The fraction of sp³-hybridized carbons (Fsp3) is 0.115. The van der Waals surface area contributed by atoms with E-state index in [0.717, 1.165) is 16.7 Å². The third kappa shape index (κ3) is 3.82. The van der Waals surface area contributed by atoms with E-state index in [-0.39, 0.29) is 15.6 Å². The lowest BCUT2D eigenvalue weighted by molar-refractivity contribution is 0.415. The zero-order chi connectivity index (χ0) is 23.9. The van der Waals surface area contributed by atoms with Gasteiger partial charge in [0, 0.05) is 16.8 Å². The highest BCUT2D eigenvalue weighted by atomic mass is 32.2. The van der Waals surface area contributed by atoms with Gasteiger partial charge in [0.1, 0.15) is 17.8 Å². The molecule has 1 aliphatic rings. The number of methoxy groups -OCH3 is 1. The number of hydrogen-bond acceptors (Lipinski definition) is 7. The zero-order valence-electron chi connectivity index (χ0n) is 18.9. The Kier molecular flexibility index (Phi) is 5.37. The van der Waals surface area contributed by atoms with Gasteiger partial charge in [0.15, 0.2) is 10.8 Å². The molecule has 34 heavy (non-hydrogen) atoms. The summed E-state index contributed by atoms with van der Waals surface area (Å²) >= 11 is 0. The number of aromatic nitrogens is 2. The molecular formula is C26H22N4O3S. The first-order valence-electron chi connectivity index (χ1n) is 10.6. The third-order valence-corrected chi connectivity index (χ3v) is 7.37. The quantitative estimate of drug-likeness (QED) is 0.365. The number of ether oxygens (including phenoxy) is 1. The van der Waals surface area contributed by atoms with E-state index in [1.807, 2.05) is 56.3 Å². The minimum Gasteiger partial charge on any atom is -0.497 e. The van der Waals surface area contributed by atoms with Crippen molar-refractivity contribution in [1.82, 2.24) is 9.97 Å². The second-order valence-electron chi connectivity index (χ2n) is 8.06. The summed E-state index contributed by atoms with van der Waals surface area (Å²) in [5.74, 6) is 1.01. The molecule has 1 aromatic heterocycles. The predicted molar refractivity (Wildman–Crippen MR) is 131 cm³/mol. The van der Waals surface area contributed by atoms with Gasteiger partial charge in [0.05, 0.1) is 17.7 Å². The van der Waals surface area contributed by atoms with E-state index in [4.69, 9.17) is 9.73 Å². The number of nitrogens with zero attached hydrogens (tertiary/aromatic N) is 3. The molecule has 0 saturated carbocycles. The highest BCUT2D eigenvalue weighted by Crippen LogP contribution is 2.40. The Morgan fingerprint density at radius 1 is 0.853 bits per heavy atom. The number of nitrogens with one attached hydrogen (secondary N) is 1. The molecule has 0 amide bonds. The second kappa shape index (κ2) is 8.39. The first-order valence-corrected chi connectivity index (χ1v) is 12.1. The number of anilines is 2. The Morgan fingerprint density at radius 3 is 2.26 bits per heavy atom. The summed E-state index contributed by atoms with van der Waals surface area (Å²) in [5, 5.41) is 3.06. The average molecular weight is 471 g/mol. The molecule has 0 unspecified atom stereocenters. The van der Waals surface area contributed by atoms with Crippen molar-refractivity contribution < 1.29 is 13.2 Å². The highest BCUT2D eigenvalue weighted by Gasteiger charge is 2.33. The van der Waals surface area contributed by atoms with Gasteiger partial charge in [-0.2, -0.15) is 0 Å². The van der Waals surface area contributed by atoms with E-state index in [0.29, 0.717) is 28.5 Å². The van der Waals surface area contributed by atoms with Crippen LogP contribution in [0.2, 0.25) is 0 Å². The molecule has 8 heteroatoms. The normalized spacial score (nSPS) is 13.8. The molecule has 5 rings (SSSR count). The van der Waals surface area contributed by atoms with Gasteiger partial charge in [-0.15, -0.1) is 0 Å². The molecular weight excluding hydrogens is 448 g/mol. The van der Waals surface area contributed by atoms with Gasteiger partial charge >= 0.3 is 0 Å². The Bertz CT molecular complexity index is 1530. The summed E-state index contributed by atoms with van der Waals surface area (Å²) in [4.78, 5) is 13.5. The van der Waals surface area contributed by atoms with Crippen LogP contribution in [-0.4, -0.2) is 31.2 Å². The summed E-state index contributed by atoms with van der Waals surface area (Å²) < 4.78 is 32.7. The summed E-state index contributed by atoms with van der Waals surface area (Å²) in [6.07, 6.45) is 1.24. The lowest BCUT2D eigenvalue weighted by atomic mass is 9.99. The summed E-state index contributed by atoms with van der Waals surface area (Å²) in [6, 6.07) is 20.3. The van der Waals surface area contributed by atoms with Crippen molar-refractivity contribution in [1.29, 1.82) is 0 Å². The van der Waals surface area contributed by atoms with E-state index >= 15 is 0 Å². The number of aliphatic imine (C=N–C) groups is 1. The molecule has 1 N–H and O–H groups in total. The smallest absolute Gasteiger partial charge is 0.226 e. The lowest BCUT2D eigenvalue weighted by Gasteiger charge is -2.11. The Hall–Kier alpha value is -4.04. The molecule has 4 aromatic rings. The maximum absolute atomic E-state index is 13.7. The average Bonchev–Trinajstić information content (AvgIpc) is 2.93. The highest BCUT2D eigenvalue weighted by molar-refractivity contribution is 7.91. The van der Waals surface area contributed by atoms with Gasteiger partial charge < -0.3 is 10.1 Å². The third-order valence-electron chi connectivity index (χ3n) is 5.62. The van der Waals surface area contributed by atoms with Crippen molar-refractivity contribution in [2.45, 2.75) is 23.8 Å². The molecule has 0 saturated heterocycles. The summed E-state index contributed by atoms with van der Waals surface area (Å²) in [6.45, 7) is 3.93. The Labute approximate surface area is 198 Å². The second-order valence-corrected chi connectivity index (χ2v) is 9.89. The van der Waals surface area contributed by atoms with E-state index in [1.165, 1.54) is 6.33 Å². The molecule has 2 heterocycles. The fourth-order valence-electron chi connectivity index (χ4n) is 3.83. The lowest BCUT2D eigenvalue weighted by Crippen LogP contribution is -2.10. The number of fused-ring (bicyclic) bond motifs is 2. The Morgan fingerprint density at radius 2 is 1.56 bits per heavy atom. The minimum absolute atomic E-state index is 0.134. The molecule has 0 bridgehead atoms. The molecule has 0 radical (unpaired) electrons. The number of benzene rings is 3. The number of aryl methyl sites for hydroxylation is 2. The van der Waals surface area contributed by atoms with Crippen molar-refractivity contribution in [3.05, 3.63) is 95.3 Å². The van der Waals surface area contributed by atoms with E-state index in [1.54, 1.807) is 31.4 Å². The molecule has 7 nitrogen and oxygen atoms in total. The molecule has 0 aliphatic carbocycles. The Balaban J connectivity index is 1.76.